The molecule has 19 heavy (non-hydrogen) atoms. The Labute approximate surface area is 117 Å². The number of hydrogen-bond acceptors (Lipinski definition) is 2. The minimum absolute atomic E-state index is 0.0124. The fraction of sp³-hybridized carbons (Fsp3) is 0.588. The Balaban J connectivity index is 2.64. The maximum atomic E-state index is 11.7. The van der Waals surface area contributed by atoms with E-state index in [9.17, 15) is 4.79 Å². The van der Waals surface area contributed by atoms with Crippen molar-refractivity contribution in [2.45, 2.75) is 51.9 Å². The molecule has 2 heteroatoms. The van der Waals surface area contributed by atoms with Gasteiger partial charge in [0.25, 0.3) is 0 Å². The van der Waals surface area contributed by atoms with Gasteiger partial charge in [0.2, 0.25) is 0 Å². The molecule has 0 bridgehead atoms. The highest BCUT2D eigenvalue weighted by atomic mass is 16.5. The minimum Gasteiger partial charge on any atom is -0.469 e. The predicted octanol–water partition coefficient (Wildman–Crippen LogP) is 4.58. The highest BCUT2D eigenvalue weighted by molar-refractivity contribution is 5.72. The van der Waals surface area contributed by atoms with Crippen molar-refractivity contribution < 1.29 is 9.53 Å². The molecule has 0 amide bonds. The maximum Gasteiger partial charge on any atom is 0.308 e. The van der Waals surface area contributed by atoms with Crippen LogP contribution < -0.4 is 0 Å². The molecule has 0 spiro atoms. The Bertz CT molecular complexity index is 350. The molecule has 0 aromatic rings. The summed E-state index contributed by atoms with van der Waals surface area (Å²) < 4.78 is 4.87. The van der Waals surface area contributed by atoms with Gasteiger partial charge in [-0.2, -0.15) is 0 Å². The molecule has 1 aliphatic rings. The van der Waals surface area contributed by atoms with Crippen molar-refractivity contribution in [1.82, 2.24) is 0 Å². The van der Waals surface area contributed by atoms with Crippen LogP contribution >= 0.6 is 0 Å². The van der Waals surface area contributed by atoms with E-state index in [0.717, 1.165) is 25.7 Å². The third-order valence-electron chi connectivity index (χ3n) is 3.54. The summed E-state index contributed by atoms with van der Waals surface area (Å²) in [6.45, 7) is 2.19. The standard InChI is InChI=1S/C17H26O2/c1-15-11-8-6-4-3-5-7-9-13-16(14-10-12-15)17(18)19-2/h3,5,7,9,12,16H,4,6,8,10-11,13-14H2,1-2H3/b5-3+,9-7-,15-12+. The van der Waals surface area contributed by atoms with Crippen molar-refractivity contribution in [1.29, 1.82) is 0 Å². The normalized spacial score (nSPS) is 28.5. The summed E-state index contributed by atoms with van der Waals surface area (Å²) >= 11 is 0. The number of ether oxygens (including phenoxy) is 1. The van der Waals surface area contributed by atoms with Crippen molar-refractivity contribution >= 4 is 5.97 Å². The van der Waals surface area contributed by atoms with Crippen molar-refractivity contribution in [3.05, 3.63) is 36.0 Å². The third-order valence-corrected chi connectivity index (χ3v) is 3.54. The van der Waals surface area contributed by atoms with Gasteiger partial charge < -0.3 is 4.74 Å². The van der Waals surface area contributed by atoms with Crippen molar-refractivity contribution in [3.63, 3.8) is 0 Å². The number of carbonyl (C=O) groups excluding carboxylic acids is 1. The van der Waals surface area contributed by atoms with Crippen LogP contribution in [0.15, 0.2) is 36.0 Å². The zero-order chi connectivity index (χ0) is 13.9. The summed E-state index contributed by atoms with van der Waals surface area (Å²) in [4.78, 5) is 11.7. The predicted molar refractivity (Wildman–Crippen MR) is 79.9 cm³/mol. The van der Waals surface area contributed by atoms with Crippen LogP contribution in [0.2, 0.25) is 0 Å². The Hall–Kier alpha value is -1.31. The van der Waals surface area contributed by atoms with Crippen molar-refractivity contribution in [3.8, 4) is 0 Å². The lowest BCUT2D eigenvalue weighted by Crippen LogP contribution is -2.15. The van der Waals surface area contributed by atoms with Gasteiger partial charge in [-0.1, -0.05) is 36.0 Å². The van der Waals surface area contributed by atoms with Crippen LogP contribution in [0.25, 0.3) is 0 Å². The van der Waals surface area contributed by atoms with E-state index in [0.29, 0.717) is 0 Å². The summed E-state index contributed by atoms with van der Waals surface area (Å²) in [5.41, 5.74) is 1.44. The van der Waals surface area contributed by atoms with E-state index < -0.39 is 0 Å². The average Bonchev–Trinajstić information content (AvgIpc) is 2.42. The fourth-order valence-corrected chi connectivity index (χ4v) is 2.29. The monoisotopic (exact) mass is 262 g/mol. The zero-order valence-electron chi connectivity index (χ0n) is 12.2. The Morgan fingerprint density at radius 1 is 1.21 bits per heavy atom. The molecule has 2 nitrogen and oxygen atoms in total. The molecule has 0 fully saturated rings. The summed E-state index contributed by atoms with van der Waals surface area (Å²) in [5, 5.41) is 0. The lowest BCUT2D eigenvalue weighted by molar-refractivity contribution is -0.145. The number of methoxy groups -OCH3 is 1. The van der Waals surface area contributed by atoms with E-state index >= 15 is 0 Å². The molecule has 0 heterocycles. The number of esters is 1. The lowest BCUT2D eigenvalue weighted by atomic mass is 9.97. The van der Waals surface area contributed by atoms with Crippen LogP contribution in [-0.4, -0.2) is 13.1 Å². The van der Waals surface area contributed by atoms with E-state index in [1.165, 1.54) is 31.9 Å². The molecule has 0 N–H and O–H groups in total. The number of carbonyl (C=O) groups is 1. The van der Waals surface area contributed by atoms with Crippen molar-refractivity contribution in [2.75, 3.05) is 7.11 Å². The minimum atomic E-state index is -0.0909. The first-order chi connectivity index (χ1) is 9.24. The molecule has 0 saturated carbocycles. The highest BCUT2D eigenvalue weighted by Gasteiger charge is 2.16. The van der Waals surface area contributed by atoms with E-state index in [1.807, 2.05) is 6.08 Å². The second-order valence-corrected chi connectivity index (χ2v) is 5.19. The molecular formula is C17H26O2. The van der Waals surface area contributed by atoms with E-state index in [2.05, 4.69) is 31.2 Å². The Kier molecular flexibility index (Phi) is 7.95. The second-order valence-electron chi connectivity index (χ2n) is 5.19. The van der Waals surface area contributed by atoms with Crippen molar-refractivity contribution in [2.24, 2.45) is 5.92 Å². The van der Waals surface area contributed by atoms with Gasteiger partial charge in [0.05, 0.1) is 13.0 Å². The molecule has 0 radical (unpaired) electrons. The molecule has 0 saturated heterocycles. The lowest BCUT2D eigenvalue weighted by Gasteiger charge is -2.11. The quantitative estimate of drug-likeness (QED) is 0.511. The molecular weight excluding hydrogens is 236 g/mol. The Morgan fingerprint density at radius 3 is 2.79 bits per heavy atom. The molecule has 1 rings (SSSR count). The Morgan fingerprint density at radius 2 is 2.00 bits per heavy atom. The van der Waals surface area contributed by atoms with Gasteiger partial charge in [-0.25, -0.2) is 0 Å². The van der Waals surface area contributed by atoms with Gasteiger partial charge in [-0.3, -0.25) is 4.79 Å². The number of hydrogen-bond donors (Lipinski definition) is 0. The topological polar surface area (TPSA) is 26.3 Å². The zero-order valence-corrected chi connectivity index (χ0v) is 12.2. The van der Waals surface area contributed by atoms with E-state index in [1.54, 1.807) is 0 Å². The average molecular weight is 262 g/mol. The summed E-state index contributed by atoms with van der Waals surface area (Å²) in [7, 11) is 1.47. The first-order valence-electron chi connectivity index (χ1n) is 7.29. The number of allylic oxidation sites excluding steroid dienone is 6. The molecule has 0 aromatic heterocycles. The van der Waals surface area contributed by atoms with Gasteiger partial charge in [-0.15, -0.1) is 0 Å². The van der Waals surface area contributed by atoms with Crippen LogP contribution in [0.3, 0.4) is 0 Å². The smallest absolute Gasteiger partial charge is 0.308 e. The SMILES string of the molecule is COC(=O)C1C/C=C\C=C\CCCC/C(C)=C/CC1. The molecule has 106 valence electrons. The summed E-state index contributed by atoms with van der Waals surface area (Å²) in [6.07, 6.45) is 18.1. The van der Waals surface area contributed by atoms with Crippen LogP contribution in [0.4, 0.5) is 0 Å². The molecule has 1 aliphatic carbocycles. The first kappa shape index (κ1) is 15.7. The van der Waals surface area contributed by atoms with E-state index in [4.69, 9.17) is 4.74 Å². The molecule has 0 aromatic carbocycles. The van der Waals surface area contributed by atoms with Crippen LogP contribution in [-0.2, 0) is 9.53 Å². The fourth-order valence-electron chi connectivity index (χ4n) is 2.29. The maximum absolute atomic E-state index is 11.7. The van der Waals surface area contributed by atoms with Gasteiger partial charge in [0.15, 0.2) is 0 Å². The van der Waals surface area contributed by atoms with Crippen LogP contribution in [0, 0.1) is 5.92 Å². The number of rotatable bonds is 1. The first-order valence-corrected chi connectivity index (χ1v) is 7.29. The van der Waals surface area contributed by atoms with Crippen LogP contribution in [0.5, 0.6) is 0 Å². The largest absolute Gasteiger partial charge is 0.469 e. The summed E-state index contributed by atoms with van der Waals surface area (Å²) in [5.74, 6) is -0.103. The van der Waals surface area contributed by atoms with Gasteiger partial charge in [-0.05, 0) is 51.9 Å². The second kappa shape index (κ2) is 9.60. The highest BCUT2D eigenvalue weighted by Crippen LogP contribution is 2.17. The van der Waals surface area contributed by atoms with E-state index in [-0.39, 0.29) is 11.9 Å². The molecule has 1 atom stereocenters. The molecule has 1 unspecified atom stereocenters. The van der Waals surface area contributed by atoms with Gasteiger partial charge >= 0.3 is 5.97 Å². The molecule has 0 aliphatic heterocycles. The third kappa shape index (κ3) is 7.00. The van der Waals surface area contributed by atoms with Gasteiger partial charge in [0.1, 0.15) is 0 Å². The van der Waals surface area contributed by atoms with Gasteiger partial charge in [0, 0.05) is 0 Å². The van der Waals surface area contributed by atoms with Crippen LogP contribution in [0.1, 0.15) is 51.9 Å². The summed E-state index contributed by atoms with van der Waals surface area (Å²) in [6, 6.07) is 0.